The summed E-state index contributed by atoms with van der Waals surface area (Å²) in [6.07, 6.45) is 1.84. The van der Waals surface area contributed by atoms with E-state index in [0.717, 1.165) is 11.1 Å². The van der Waals surface area contributed by atoms with Crippen LogP contribution in [0.15, 0.2) is 87.5 Å². The Bertz CT molecular complexity index is 1140. The van der Waals surface area contributed by atoms with Crippen molar-refractivity contribution in [2.45, 2.75) is 12.0 Å². The molecule has 1 heterocycles. The predicted molar refractivity (Wildman–Crippen MR) is 127 cm³/mol. The van der Waals surface area contributed by atoms with Crippen LogP contribution in [0.2, 0.25) is 0 Å². The Kier molecular flexibility index (Phi) is 6.23. The van der Waals surface area contributed by atoms with Crippen molar-refractivity contribution >= 4 is 33.8 Å². The van der Waals surface area contributed by atoms with E-state index < -0.39 is 11.4 Å². The molecular weight excluding hydrogens is 472 g/mol. The highest BCUT2D eigenvalue weighted by Gasteiger charge is 2.41. The van der Waals surface area contributed by atoms with Crippen molar-refractivity contribution in [3.05, 3.63) is 94.0 Å². The normalized spacial score (nSPS) is 14.6. The topological polar surface area (TPSA) is 95.3 Å². The van der Waals surface area contributed by atoms with Gasteiger partial charge in [-0.3, -0.25) is 10.2 Å². The summed E-state index contributed by atoms with van der Waals surface area (Å²) in [4.78, 5) is 12.8. The fourth-order valence-corrected chi connectivity index (χ4v) is 4.08. The number of carbonyl (C=O) groups excluding carboxylic acids is 1. The number of rotatable bonds is 6. The Morgan fingerprint density at radius 1 is 1.16 bits per heavy atom. The van der Waals surface area contributed by atoms with Crippen molar-refractivity contribution in [3.8, 4) is 11.5 Å². The lowest BCUT2D eigenvalue weighted by Crippen LogP contribution is -2.38. The van der Waals surface area contributed by atoms with Gasteiger partial charge < -0.3 is 9.84 Å². The van der Waals surface area contributed by atoms with Crippen molar-refractivity contribution in [1.82, 2.24) is 10.9 Å². The number of nitrogens with zero attached hydrogens (tertiary/aromatic N) is 2. The first-order valence-corrected chi connectivity index (χ1v) is 10.7. The number of aromatic hydroxyl groups is 1. The fourth-order valence-electron chi connectivity index (χ4n) is 3.62. The van der Waals surface area contributed by atoms with E-state index in [2.05, 4.69) is 37.0 Å². The molecule has 1 amide bonds. The molecule has 3 aromatic rings. The molecule has 0 saturated carbocycles. The monoisotopic (exact) mass is 492 g/mol. The predicted octanol–water partition coefficient (Wildman–Crippen LogP) is 3.91. The molecule has 0 atom stereocenters. The minimum Gasteiger partial charge on any atom is -0.503 e. The van der Waals surface area contributed by atoms with Crippen molar-refractivity contribution in [2.24, 2.45) is 10.2 Å². The number of phenols is 1. The van der Waals surface area contributed by atoms with Gasteiger partial charge in [0.15, 0.2) is 11.5 Å². The lowest BCUT2D eigenvalue weighted by atomic mass is 9.80. The van der Waals surface area contributed by atoms with Gasteiger partial charge in [0.25, 0.3) is 5.91 Å². The van der Waals surface area contributed by atoms with Gasteiger partial charge in [-0.1, -0.05) is 60.7 Å². The molecule has 7 nitrogen and oxygen atoms in total. The fraction of sp³-hybridized carbons (Fsp3) is 0.125. The molecule has 0 spiro atoms. The van der Waals surface area contributed by atoms with E-state index in [4.69, 9.17) is 4.74 Å². The maximum absolute atomic E-state index is 12.8. The summed E-state index contributed by atoms with van der Waals surface area (Å²) in [6.45, 7) is 0. The molecule has 0 fully saturated rings. The van der Waals surface area contributed by atoms with E-state index in [1.54, 1.807) is 12.1 Å². The molecule has 1 aliphatic heterocycles. The number of hydrazone groups is 2. The molecule has 0 saturated heterocycles. The Hall–Kier alpha value is -3.65. The van der Waals surface area contributed by atoms with Gasteiger partial charge in [-0.05, 0) is 44.8 Å². The van der Waals surface area contributed by atoms with Gasteiger partial charge in [0, 0.05) is 6.42 Å². The molecule has 0 unspecified atom stereocenters. The van der Waals surface area contributed by atoms with Crippen LogP contribution in [0, 0.1) is 0 Å². The van der Waals surface area contributed by atoms with E-state index in [1.807, 2.05) is 60.7 Å². The maximum atomic E-state index is 12.8. The van der Waals surface area contributed by atoms with Crippen molar-refractivity contribution in [3.63, 3.8) is 0 Å². The third-order valence-corrected chi connectivity index (χ3v) is 5.86. The second kappa shape index (κ2) is 9.23. The van der Waals surface area contributed by atoms with E-state index >= 15 is 0 Å². The van der Waals surface area contributed by atoms with Crippen LogP contribution in [0.5, 0.6) is 11.5 Å². The van der Waals surface area contributed by atoms with Crippen LogP contribution in [0.1, 0.15) is 23.1 Å². The number of hydrogen-bond donors (Lipinski definition) is 3. The molecule has 162 valence electrons. The number of hydrogen-bond acceptors (Lipinski definition) is 6. The van der Waals surface area contributed by atoms with E-state index in [1.165, 1.54) is 13.3 Å². The minimum atomic E-state index is -0.631. The number of amides is 1. The number of methoxy groups -OCH3 is 1. The highest BCUT2D eigenvalue weighted by atomic mass is 79.9. The first-order valence-electron chi connectivity index (χ1n) is 9.88. The van der Waals surface area contributed by atoms with Gasteiger partial charge in [0.1, 0.15) is 11.3 Å². The van der Waals surface area contributed by atoms with Gasteiger partial charge in [0.05, 0.1) is 17.8 Å². The number of benzene rings is 3. The quantitative estimate of drug-likeness (QED) is 0.359. The standard InChI is InChI=1S/C24H21BrN4O3/c1-32-21-13-16(12-19(25)22(21)30)15-26-28-23(31)20-14-24(29-27-20,17-8-4-2-5-9-17)18-10-6-3-7-11-18/h2-13,15,29-30H,14H2,1H3,(H,28,31)/b26-15+. The van der Waals surface area contributed by atoms with Crippen molar-refractivity contribution in [1.29, 1.82) is 0 Å². The number of nitrogens with one attached hydrogen (secondary N) is 2. The Balaban J connectivity index is 1.51. The number of phenolic OH excluding ortho intramolecular Hbond substituents is 1. The largest absolute Gasteiger partial charge is 0.503 e. The van der Waals surface area contributed by atoms with Crippen LogP contribution >= 0.6 is 15.9 Å². The van der Waals surface area contributed by atoms with Crippen LogP contribution in [0.3, 0.4) is 0 Å². The molecule has 0 aliphatic carbocycles. The third-order valence-electron chi connectivity index (χ3n) is 5.26. The zero-order chi connectivity index (χ0) is 22.6. The molecule has 3 N–H and O–H groups in total. The van der Waals surface area contributed by atoms with Gasteiger partial charge in [0.2, 0.25) is 0 Å². The van der Waals surface area contributed by atoms with Crippen LogP contribution in [0.25, 0.3) is 0 Å². The minimum absolute atomic E-state index is 0.00163. The van der Waals surface area contributed by atoms with Gasteiger partial charge in [-0.2, -0.15) is 10.2 Å². The molecule has 0 bridgehead atoms. The molecule has 0 aromatic heterocycles. The van der Waals surface area contributed by atoms with Crippen LogP contribution in [-0.2, 0) is 10.3 Å². The first-order chi connectivity index (χ1) is 15.5. The highest BCUT2D eigenvalue weighted by Crippen LogP contribution is 2.37. The average Bonchev–Trinajstić information content (AvgIpc) is 3.29. The van der Waals surface area contributed by atoms with Gasteiger partial charge >= 0.3 is 0 Å². The summed E-state index contributed by atoms with van der Waals surface area (Å²) in [6, 6.07) is 23.1. The van der Waals surface area contributed by atoms with E-state index in [-0.39, 0.29) is 5.75 Å². The molecule has 3 aromatic carbocycles. The van der Waals surface area contributed by atoms with E-state index in [9.17, 15) is 9.90 Å². The van der Waals surface area contributed by atoms with Crippen LogP contribution < -0.4 is 15.6 Å². The van der Waals surface area contributed by atoms with Crippen LogP contribution in [-0.4, -0.2) is 30.0 Å². The highest BCUT2D eigenvalue weighted by molar-refractivity contribution is 9.10. The lowest BCUT2D eigenvalue weighted by Gasteiger charge is -2.30. The molecule has 0 radical (unpaired) electrons. The second-order valence-corrected chi connectivity index (χ2v) is 8.09. The number of halogens is 1. The molecular formula is C24H21BrN4O3. The van der Waals surface area contributed by atoms with E-state index in [0.29, 0.717) is 27.9 Å². The smallest absolute Gasteiger partial charge is 0.287 e. The average molecular weight is 493 g/mol. The molecule has 32 heavy (non-hydrogen) atoms. The second-order valence-electron chi connectivity index (χ2n) is 7.24. The van der Waals surface area contributed by atoms with Gasteiger partial charge in [-0.25, -0.2) is 5.43 Å². The van der Waals surface area contributed by atoms with Crippen LogP contribution in [0.4, 0.5) is 0 Å². The van der Waals surface area contributed by atoms with Crippen molar-refractivity contribution < 1.29 is 14.6 Å². The first kappa shape index (κ1) is 21.6. The molecule has 1 aliphatic rings. The third kappa shape index (κ3) is 4.22. The summed E-state index contributed by atoms with van der Waals surface area (Å²) in [5.74, 6) is -0.0995. The summed E-state index contributed by atoms with van der Waals surface area (Å²) >= 11 is 3.26. The van der Waals surface area contributed by atoms with Gasteiger partial charge in [-0.15, -0.1) is 0 Å². The van der Waals surface area contributed by atoms with Crippen molar-refractivity contribution in [2.75, 3.05) is 7.11 Å². The zero-order valence-corrected chi connectivity index (χ0v) is 18.8. The Morgan fingerprint density at radius 3 is 2.38 bits per heavy atom. The zero-order valence-electron chi connectivity index (χ0n) is 17.2. The molecule has 8 heteroatoms. The lowest BCUT2D eigenvalue weighted by molar-refractivity contribution is -0.114. The summed E-state index contributed by atoms with van der Waals surface area (Å²) < 4.78 is 5.59. The Morgan fingerprint density at radius 2 is 1.78 bits per heavy atom. The number of ether oxygens (including phenoxy) is 1. The molecule has 4 rings (SSSR count). The Labute approximate surface area is 193 Å². The summed E-state index contributed by atoms with van der Waals surface area (Å²) in [5, 5.41) is 18.3. The SMILES string of the molecule is COc1cc(/C=N/NC(=O)C2=NNC(c3ccccc3)(c3ccccc3)C2)cc(Br)c1O. The number of carbonyl (C=O) groups is 1. The maximum Gasteiger partial charge on any atom is 0.287 e. The summed E-state index contributed by atoms with van der Waals surface area (Å²) in [7, 11) is 1.46. The summed E-state index contributed by atoms with van der Waals surface area (Å²) in [5.41, 5.74) is 8.11.